The lowest BCUT2D eigenvalue weighted by atomic mass is 10.1. The van der Waals surface area contributed by atoms with Crippen LogP contribution < -0.4 is 4.74 Å². The van der Waals surface area contributed by atoms with Gasteiger partial charge >= 0.3 is 11.9 Å². The van der Waals surface area contributed by atoms with E-state index in [4.69, 9.17) is 14.9 Å². The van der Waals surface area contributed by atoms with Crippen molar-refractivity contribution in [3.63, 3.8) is 0 Å². The summed E-state index contributed by atoms with van der Waals surface area (Å²) in [6.45, 7) is 0.405. The highest BCUT2D eigenvalue weighted by molar-refractivity contribution is 14.1. The van der Waals surface area contributed by atoms with Crippen LogP contribution in [0.3, 0.4) is 0 Å². The average molecular weight is 336 g/mol. The zero-order valence-corrected chi connectivity index (χ0v) is 10.3. The number of alkyl halides is 1. The molecule has 0 fully saturated rings. The molecule has 0 aliphatic heterocycles. The summed E-state index contributed by atoms with van der Waals surface area (Å²) in [6.07, 6.45) is 0. The van der Waals surface area contributed by atoms with E-state index in [-0.39, 0.29) is 16.9 Å². The Bertz CT molecular complexity index is 383. The van der Waals surface area contributed by atoms with E-state index in [1.54, 1.807) is 0 Å². The Morgan fingerprint density at radius 2 is 1.62 bits per heavy atom. The lowest BCUT2D eigenvalue weighted by Gasteiger charge is -2.06. The van der Waals surface area contributed by atoms with Crippen molar-refractivity contribution in [3.05, 3.63) is 29.3 Å². The van der Waals surface area contributed by atoms with E-state index in [1.165, 1.54) is 12.1 Å². The predicted octanol–water partition coefficient (Wildman–Crippen LogP) is 1.90. The van der Waals surface area contributed by atoms with Crippen molar-refractivity contribution in [3.8, 4) is 5.75 Å². The van der Waals surface area contributed by atoms with Gasteiger partial charge < -0.3 is 14.9 Å². The minimum absolute atomic E-state index is 0.0941. The van der Waals surface area contributed by atoms with Gasteiger partial charge in [0, 0.05) is 4.43 Å². The molecule has 0 radical (unpaired) electrons. The van der Waals surface area contributed by atoms with Crippen LogP contribution in [0.2, 0.25) is 0 Å². The van der Waals surface area contributed by atoms with E-state index in [2.05, 4.69) is 22.6 Å². The van der Waals surface area contributed by atoms with Crippen LogP contribution in [0.25, 0.3) is 0 Å². The van der Waals surface area contributed by atoms with E-state index in [0.717, 1.165) is 10.5 Å². The first kappa shape index (κ1) is 12.8. The third-order valence-electron chi connectivity index (χ3n) is 1.75. The number of rotatable bonds is 5. The molecule has 0 aromatic heterocycles. The summed E-state index contributed by atoms with van der Waals surface area (Å²) >= 11 is 2.10. The van der Waals surface area contributed by atoms with Crippen molar-refractivity contribution in [1.29, 1.82) is 0 Å². The first-order valence-electron chi connectivity index (χ1n) is 4.35. The highest BCUT2D eigenvalue weighted by atomic mass is 127. The molecular formula is C10H9IO5. The Morgan fingerprint density at radius 3 is 2.00 bits per heavy atom. The monoisotopic (exact) mass is 336 g/mol. The molecule has 5 nitrogen and oxygen atoms in total. The van der Waals surface area contributed by atoms with Crippen LogP contribution in [-0.2, 0) is 0 Å². The molecule has 0 saturated heterocycles. The predicted molar refractivity (Wildman–Crippen MR) is 64.7 cm³/mol. The van der Waals surface area contributed by atoms with E-state index in [0.29, 0.717) is 6.61 Å². The van der Waals surface area contributed by atoms with Gasteiger partial charge in [0.15, 0.2) is 0 Å². The maximum absolute atomic E-state index is 10.8. The zero-order valence-electron chi connectivity index (χ0n) is 8.14. The number of carbonyl (C=O) groups is 2. The summed E-state index contributed by atoms with van der Waals surface area (Å²) < 4.78 is 5.94. The molecular weight excluding hydrogens is 327 g/mol. The number of hydrogen-bond acceptors (Lipinski definition) is 3. The Morgan fingerprint density at radius 1 is 1.12 bits per heavy atom. The minimum Gasteiger partial charge on any atom is -0.493 e. The maximum Gasteiger partial charge on any atom is 0.335 e. The Kier molecular flexibility index (Phi) is 4.53. The van der Waals surface area contributed by atoms with E-state index in [1.807, 2.05) is 0 Å². The molecule has 6 heteroatoms. The van der Waals surface area contributed by atoms with Crippen LogP contribution in [-0.4, -0.2) is 33.2 Å². The molecule has 16 heavy (non-hydrogen) atoms. The number of carboxylic acids is 2. The minimum atomic E-state index is -1.18. The van der Waals surface area contributed by atoms with E-state index in [9.17, 15) is 9.59 Å². The van der Waals surface area contributed by atoms with Crippen LogP contribution >= 0.6 is 22.6 Å². The van der Waals surface area contributed by atoms with Crippen molar-refractivity contribution >= 4 is 34.5 Å². The molecule has 0 aliphatic rings. The summed E-state index contributed by atoms with van der Waals surface area (Å²) in [4.78, 5) is 21.5. The summed E-state index contributed by atoms with van der Waals surface area (Å²) in [6, 6.07) is 3.71. The lowest BCUT2D eigenvalue weighted by molar-refractivity contribution is 0.0696. The Balaban J connectivity index is 3.08. The summed E-state index contributed by atoms with van der Waals surface area (Å²) in [5.74, 6) is -2.10. The molecule has 1 aromatic rings. The highest BCUT2D eigenvalue weighted by Crippen LogP contribution is 2.17. The third kappa shape index (κ3) is 3.37. The van der Waals surface area contributed by atoms with Crippen molar-refractivity contribution in [1.82, 2.24) is 0 Å². The van der Waals surface area contributed by atoms with Gasteiger partial charge in [0.05, 0.1) is 17.7 Å². The first-order chi connectivity index (χ1) is 7.54. The largest absolute Gasteiger partial charge is 0.493 e. The number of aromatic carboxylic acids is 2. The average Bonchev–Trinajstić information content (AvgIpc) is 2.25. The second kappa shape index (κ2) is 5.69. The fourth-order valence-electron chi connectivity index (χ4n) is 1.09. The molecule has 0 unspecified atom stereocenters. The second-order valence-corrected chi connectivity index (χ2v) is 3.97. The fourth-order valence-corrected chi connectivity index (χ4v) is 1.31. The number of carboxylic acid groups (broad SMARTS) is 2. The molecule has 0 amide bonds. The summed E-state index contributed by atoms with van der Waals surface area (Å²) in [5, 5.41) is 17.6. The van der Waals surface area contributed by atoms with Gasteiger partial charge in [-0.3, -0.25) is 0 Å². The lowest BCUT2D eigenvalue weighted by Crippen LogP contribution is -2.05. The van der Waals surface area contributed by atoms with Gasteiger partial charge in [0.1, 0.15) is 5.75 Å². The second-order valence-electron chi connectivity index (χ2n) is 2.89. The maximum atomic E-state index is 10.8. The molecule has 0 spiro atoms. The quantitative estimate of drug-likeness (QED) is 0.634. The first-order valence-corrected chi connectivity index (χ1v) is 5.87. The van der Waals surface area contributed by atoms with Crippen LogP contribution in [0.1, 0.15) is 20.7 Å². The summed E-state index contributed by atoms with van der Waals surface area (Å²) in [5.41, 5.74) is -0.188. The van der Waals surface area contributed by atoms with Crippen molar-refractivity contribution in [2.45, 2.75) is 0 Å². The van der Waals surface area contributed by atoms with Crippen LogP contribution in [0, 0.1) is 0 Å². The van der Waals surface area contributed by atoms with Gasteiger partial charge in [-0.1, -0.05) is 22.6 Å². The number of halogens is 1. The van der Waals surface area contributed by atoms with Gasteiger partial charge in [-0.2, -0.15) is 0 Å². The topological polar surface area (TPSA) is 83.8 Å². The van der Waals surface area contributed by atoms with E-state index < -0.39 is 11.9 Å². The molecule has 0 aliphatic carbocycles. The summed E-state index contributed by atoms with van der Waals surface area (Å²) in [7, 11) is 0. The number of ether oxygens (including phenoxy) is 1. The zero-order chi connectivity index (χ0) is 12.1. The van der Waals surface area contributed by atoms with Gasteiger partial charge in [0.2, 0.25) is 0 Å². The Hall–Kier alpha value is -1.31. The molecule has 2 N–H and O–H groups in total. The highest BCUT2D eigenvalue weighted by Gasteiger charge is 2.11. The normalized spacial score (nSPS) is 9.81. The molecule has 86 valence electrons. The number of hydrogen-bond donors (Lipinski definition) is 2. The van der Waals surface area contributed by atoms with Crippen molar-refractivity contribution in [2.75, 3.05) is 11.0 Å². The molecule has 0 heterocycles. The fraction of sp³-hybridized carbons (Fsp3) is 0.200. The van der Waals surface area contributed by atoms with E-state index >= 15 is 0 Å². The van der Waals surface area contributed by atoms with Gasteiger partial charge in [-0.25, -0.2) is 9.59 Å². The molecule has 0 saturated carbocycles. The van der Waals surface area contributed by atoms with Gasteiger partial charge in [0.25, 0.3) is 0 Å². The molecule has 0 bridgehead atoms. The smallest absolute Gasteiger partial charge is 0.335 e. The van der Waals surface area contributed by atoms with Crippen LogP contribution in [0.5, 0.6) is 5.75 Å². The molecule has 0 atom stereocenters. The third-order valence-corrected chi connectivity index (χ3v) is 2.19. The van der Waals surface area contributed by atoms with Crippen LogP contribution in [0.15, 0.2) is 18.2 Å². The van der Waals surface area contributed by atoms with Crippen molar-refractivity contribution in [2.24, 2.45) is 0 Å². The standard InChI is InChI=1S/C10H9IO5/c11-1-2-16-8-4-6(9(12)13)3-7(5-8)10(14)15/h3-5H,1-2H2,(H,12,13)(H,14,15). The SMILES string of the molecule is O=C(O)c1cc(OCCI)cc(C(=O)O)c1. The number of benzene rings is 1. The van der Waals surface area contributed by atoms with Crippen LogP contribution in [0.4, 0.5) is 0 Å². The molecule has 1 aromatic carbocycles. The Labute approximate surface area is 105 Å². The molecule has 1 rings (SSSR count). The van der Waals surface area contributed by atoms with Gasteiger partial charge in [-0.05, 0) is 18.2 Å². The van der Waals surface area contributed by atoms with Crippen molar-refractivity contribution < 1.29 is 24.5 Å². The van der Waals surface area contributed by atoms with Gasteiger partial charge in [-0.15, -0.1) is 0 Å².